The van der Waals surface area contributed by atoms with Gasteiger partial charge in [-0.05, 0) is 0 Å². The topological polar surface area (TPSA) is 135 Å². The average Bonchev–Trinajstić information content (AvgIpc) is 1.19. The minimum Gasteiger partial charge on any atom is 1.00 e. The summed E-state index contributed by atoms with van der Waals surface area (Å²) < 4.78 is 56.2. The first kappa shape index (κ1) is 17.4. The van der Waals surface area contributed by atoms with Gasteiger partial charge in [0.25, 0.3) is 0 Å². The zero-order valence-electron chi connectivity index (χ0n) is 4.79. The summed E-state index contributed by atoms with van der Waals surface area (Å²) in [4.78, 5) is 0. The van der Waals surface area contributed by atoms with Crippen LogP contribution in [0.3, 0.4) is 0 Å². The zero-order chi connectivity index (χ0) is 8.08. The van der Waals surface area contributed by atoms with Crippen LogP contribution in [0, 0.1) is 0 Å². The van der Waals surface area contributed by atoms with Crippen LogP contribution >= 0.6 is 0 Å². The molecule has 0 heterocycles. The smallest absolute Gasteiger partial charge is 1.00 e. The van der Waals surface area contributed by atoms with Gasteiger partial charge in [-0.2, -0.15) is 0 Å². The third-order valence-corrected chi connectivity index (χ3v) is 0. The molecule has 0 rings (SSSR count). The molecule has 0 bridgehead atoms. The molecule has 0 atom stereocenters. The fraction of sp³-hybridized carbons (Fsp3) is 0. The van der Waals surface area contributed by atoms with E-state index < -0.39 is 27.9 Å². The normalized spacial score (nSPS) is 9.30. The van der Waals surface area contributed by atoms with Crippen molar-refractivity contribution >= 4 is 27.9 Å². The van der Waals surface area contributed by atoms with Crippen LogP contribution in [-0.2, 0) is 11.5 Å². The molecular formula is H3NaO7Se2. The second kappa shape index (κ2) is 8.38. The van der Waals surface area contributed by atoms with Gasteiger partial charge in [0.15, 0.2) is 0 Å². The maximum absolute atomic E-state index is 8.76. The summed E-state index contributed by atoms with van der Waals surface area (Å²) in [5.74, 6) is 0. The van der Waals surface area contributed by atoms with E-state index in [-0.39, 0.29) is 29.6 Å². The summed E-state index contributed by atoms with van der Waals surface area (Å²) in [5, 5.41) is 0. The summed E-state index contributed by atoms with van der Waals surface area (Å²) in [6, 6.07) is 0. The molecule has 0 aliphatic heterocycles. The van der Waals surface area contributed by atoms with E-state index >= 15 is 0 Å². The van der Waals surface area contributed by atoms with Gasteiger partial charge >= 0.3 is 85.7 Å². The quantitative estimate of drug-likeness (QED) is 0.378. The Kier molecular flexibility index (Phi) is 14.6. The van der Waals surface area contributed by atoms with E-state index in [1.54, 1.807) is 0 Å². The number of rotatable bonds is 0. The summed E-state index contributed by atoms with van der Waals surface area (Å²) in [7, 11) is 0. The molecule has 58 valence electrons. The van der Waals surface area contributed by atoms with Crippen LogP contribution < -0.4 is 33.7 Å². The Labute approximate surface area is 85.0 Å². The van der Waals surface area contributed by atoms with Crippen molar-refractivity contribution in [1.29, 1.82) is 0 Å². The van der Waals surface area contributed by atoms with Crippen LogP contribution in [0.5, 0.6) is 0 Å². The molecule has 0 spiro atoms. The first-order chi connectivity index (χ1) is 3.73. The van der Waals surface area contributed by atoms with Crippen LogP contribution in [0.1, 0.15) is 0 Å². The van der Waals surface area contributed by atoms with Crippen molar-refractivity contribution in [3.05, 3.63) is 0 Å². The van der Waals surface area contributed by atoms with Gasteiger partial charge < -0.3 is 0 Å². The van der Waals surface area contributed by atoms with Crippen LogP contribution in [0.2, 0.25) is 0 Å². The van der Waals surface area contributed by atoms with Crippen LogP contribution in [0.15, 0.2) is 0 Å². The minimum atomic E-state index is -5.50. The predicted molar refractivity (Wildman–Crippen MR) is 20.2 cm³/mol. The van der Waals surface area contributed by atoms with Gasteiger partial charge in [0.05, 0.1) is 0 Å². The van der Waals surface area contributed by atoms with Crippen LogP contribution in [-0.4, -0.2) is 40.4 Å². The Morgan fingerprint density at radius 2 is 1.30 bits per heavy atom. The molecule has 0 saturated carbocycles. The number of hydrogen-bond donors (Lipinski definition) is 3. The largest absolute Gasteiger partial charge is 1.00 e. The number of hydrogen-bond acceptors (Lipinski definition) is 4. The van der Waals surface area contributed by atoms with Gasteiger partial charge in [-0.15, -0.1) is 0 Å². The minimum absolute atomic E-state index is 0. The van der Waals surface area contributed by atoms with E-state index in [9.17, 15) is 0 Å². The first-order valence-electron chi connectivity index (χ1n) is 1.21. The molecule has 0 unspecified atom stereocenters. The second-order valence-corrected chi connectivity index (χ2v) is 3.42. The van der Waals surface area contributed by atoms with E-state index in [2.05, 4.69) is 0 Å². The molecule has 0 aliphatic carbocycles. The first-order valence-corrected chi connectivity index (χ1v) is 6.31. The van der Waals surface area contributed by atoms with Gasteiger partial charge in [0, 0.05) is 0 Å². The Bertz CT molecular complexity index is 154. The van der Waals surface area contributed by atoms with Crippen molar-refractivity contribution < 1.29 is 57.8 Å². The molecule has 0 aromatic rings. The fourth-order valence-electron chi connectivity index (χ4n) is 0. The molecule has 0 fully saturated rings. The third-order valence-electron chi connectivity index (χ3n) is 0. The molecule has 3 N–H and O–H groups in total. The van der Waals surface area contributed by atoms with Crippen molar-refractivity contribution in [2.45, 2.75) is 0 Å². The van der Waals surface area contributed by atoms with E-state index in [1.807, 2.05) is 0 Å². The van der Waals surface area contributed by atoms with Gasteiger partial charge in [-0.3, -0.25) is 0 Å². The molecule has 0 aromatic heterocycles. The van der Waals surface area contributed by atoms with Crippen LogP contribution in [0.4, 0.5) is 0 Å². The Balaban J connectivity index is -0.0000000910. The standard InChI is InChI=1S/Na.H2O4Se.H2O3Se/c;1-5(2,3)4;1-4(2)3/h;(H2,1,2,3,4);(H2,1,2,3)/q+1;;/p-1. The van der Waals surface area contributed by atoms with E-state index in [4.69, 9.17) is 28.3 Å². The third kappa shape index (κ3) is 389. The van der Waals surface area contributed by atoms with Crippen LogP contribution in [0.25, 0.3) is 0 Å². The maximum Gasteiger partial charge on any atom is 1.00 e. The fourth-order valence-corrected chi connectivity index (χ4v) is 0. The Hall–Kier alpha value is 1.28. The molecular weight excluding hydrogens is 293 g/mol. The van der Waals surface area contributed by atoms with Crippen molar-refractivity contribution in [3.8, 4) is 0 Å². The average molecular weight is 296 g/mol. The molecule has 0 aliphatic rings. The van der Waals surface area contributed by atoms with Gasteiger partial charge in [0.2, 0.25) is 0 Å². The van der Waals surface area contributed by atoms with Gasteiger partial charge in [-0.25, -0.2) is 0 Å². The second-order valence-electron chi connectivity index (χ2n) is 0.658. The molecule has 0 amide bonds. The van der Waals surface area contributed by atoms with E-state index in [0.29, 0.717) is 0 Å². The summed E-state index contributed by atoms with van der Waals surface area (Å²) in [6.45, 7) is 0. The molecule has 0 radical (unpaired) electrons. The van der Waals surface area contributed by atoms with E-state index in [0.717, 1.165) is 0 Å². The van der Waals surface area contributed by atoms with Crippen molar-refractivity contribution in [2.75, 3.05) is 0 Å². The van der Waals surface area contributed by atoms with Gasteiger partial charge in [0.1, 0.15) is 0 Å². The van der Waals surface area contributed by atoms with Crippen molar-refractivity contribution in [1.82, 2.24) is 0 Å². The SMILES string of the molecule is O=[Se](=O)([O-])O.O=[Se](O)O.[Na+]. The summed E-state index contributed by atoms with van der Waals surface area (Å²) in [6.07, 6.45) is 0. The van der Waals surface area contributed by atoms with Crippen molar-refractivity contribution in [2.24, 2.45) is 0 Å². The molecule has 0 aromatic carbocycles. The van der Waals surface area contributed by atoms with E-state index in [1.165, 1.54) is 0 Å². The Morgan fingerprint density at radius 1 is 1.30 bits per heavy atom. The van der Waals surface area contributed by atoms with Gasteiger partial charge in [-0.1, -0.05) is 0 Å². The summed E-state index contributed by atoms with van der Waals surface area (Å²) in [5.41, 5.74) is 0. The molecule has 0 saturated heterocycles. The van der Waals surface area contributed by atoms with Crippen molar-refractivity contribution in [3.63, 3.8) is 0 Å². The summed E-state index contributed by atoms with van der Waals surface area (Å²) >= 11 is -8.79. The monoisotopic (exact) mass is 298 g/mol. The zero-order valence-corrected chi connectivity index (χ0v) is 10.2. The Morgan fingerprint density at radius 3 is 1.30 bits per heavy atom. The maximum atomic E-state index is 8.76. The molecule has 7 nitrogen and oxygen atoms in total. The predicted octanol–water partition coefficient (Wildman–Crippen LogP) is -6.97. The molecule has 10 heteroatoms. The molecule has 10 heavy (non-hydrogen) atoms.